The molecule has 2 aromatic heterocycles. The molecule has 1 fully saturated rings. The van der Waals surface area contributed by atoms with Gasteiger partial charge in [0.15, 0.2) is 5.76 Å². The predicted octanol–water partition coefficient (Wildman–Crippen LogP) is 2.78. The van der Waals surface area contributed by atoms with Crippen molar-refractivity contribution in [2.45, 2.75) is 25.3 Å². The molecule has 0 radical (unpaired) electrons. The largest absolute Gasteiger partial charge is 0.453 e. The van der Waals surface area contributed by atoms with E-state index in [-0.39, 0.29) is 0 Å². The van der Waals surface area contributed by atoms with Gasteiger partial charge in [-0.05, 0) is 31.5 Å². The molecule has 102 valence electrons. The van der Waals surface area contributed by atoms with Gasteiger partial charge in [0.1, 0.15) is 5.58 Å². The van der Waals surface area contributed by atoms with Crippen molar-refractivity contribution >= 4 is 11.0 Å². The smallest absolute Gasteiger partial charge is 0.238 e. The van der Waals surface area contributed by atoms with Crippen LogP contribution in [-0.2, 0) is 6.42 Å². The van der Waals surface area contributed by atoms with E-state index in [9.17, 15) is 0 Å². The highest BCUT2D eigenvalue weighted by Gasteiger charge is 2.19. The standard InChI is InChI=1S/C15H15N3O2/c1-2-6-12-10(4-1)8-13(19-12)15-17-14(20-18-15)9-11-5-3-7-16-11/h1-2,4,6,8,11,16H,3,5,7,9H2. The molecule has 3 aromatic rings. The maximum Gasteiger partial charge on any atom is 0.238 e. The summed E-state index contributed by atoms with van der Waals surface area (Å²) in [7, 11) is 0. The Bertz CT molecular complexity index is 692. The average molecular weight is 269 g/mol. The first-order chi connectivity index (χ1) is 9.88. The predicted molar refractivity (Wildman–Crippen MR) is 74.2 cm³/mol. The van der Waals surface area contributed by atoms with E-state index in [1.165, 1.54) is 12.8 Å². The monoisotopic (exact) mass is 269 g/mol. The molecule has 1 aromatic carbocycles. The van der Waals surface area contributed by atoms with E-state index in [4.69, 9.17) is 8.94 Å². The zero-order valence-electron chi connectivity index (χ0n) is 11.0. The highest BCUT2D eigenvalue weighted by molar-refractivity contribution is 5.81. The Hall–Kier alpha value is -2.14. The van der Waals surface area contributed by atoms with Gasteiger partial charge in [-0.3, -0.25) is 0 Å². The Kier molecular flexibility index (Phi) is 2.77. The molecule has 3 heterocycles. The molecule has 1 atom stereocenters. The molecule has 0 bridgehead atoms. The van der Waals surface area contributed by atoms with Gasteiger partial charge in [0.25, 0.3) is 0 Å². The Morgan fingerprint density at radius 3 is 3.10 bits per heavy atom. The van der Waals surface area contributed by atoms with Crippen LogP contribution in [0.4, 0.5) is 0 Å². The molecule has 20 heavy (non-hydrogen) atoms. The molecule has 1 aliphatic heterocycles. The molecular weight excluding hydrogens is 254 g/mol. The van der Waals surface area contributed by atoms with Crippen LogP contribution in [0.15, 0.2) is 39.3 Å². The lowest BCUT2D eigenvalue weighted by Crippen LogP contribution is -2.23. The van der Waals surface area contributed by atoms with Crippen LogP contribution in [0.1, 0.15) is 18.7 Å². The Labute approximate surface area is 116 Å². The van der Waals surface area contributed by atoms with Gasteiger partial charge >= 0.3 is 0 Å². The van der Waals surface area contributed by atoms with E-state index in [1.807, 2.05) is 30.3 Å². The van der Waals surface area contributed by atoms with Gasteiger partial charge in [-0.1, -0.05) is 23.4 Å². The van der Waals surface area contributed by atoms with Crippen molar-refractivity contribution in [3.63, 3.8) is 0 Å². The van der Waals surface area contributed by atoms with Gasteiger partial charge in [0.05, 0.1) is 0 Å². The van der Waals surface area contributed by atoms with Crippen molar-refractivity contribution in [3.05, 3.63) is 36.2 Å². The first-order valence-corrected chi connectivity index (χ1v) is 6.93. The summed E-state index contributed by atoms with van der Waals surface area (Å²) < 4.78 is 11.1. The maximum atomic E-state index is 5.74. The van der Waals surface area contributed by atoms with Crippen LogP contribution in [0, 0.1) is 0 Å². The Balaban J connectivity index is 1.60. The second kappa shape index (κ2) is 4.76. The molecule has 0 saturated carbocycles. The molecule has 4 rings (SSSR count). The summed E-state index contributed by atoms with van der Waals surface area (Å²) >= 11 is 0. The number of hydrogen-bond acceptors (Lipinski definition) is 5. The lowest BCUT2D eigenvalue weighted by molar-refractivity contribution is 0.363. The fourth-order valence-corrected chi connectivity index (χ4v) is 2.67. The molecule has 0 aliphatic carbocycles. The van der Waals surface area contributed by atoms with Gasteiger partial charge in [-0.15, -0.1) is 0 Å². The third-order valence-corrected chi connectivity index (χ3v) is 3.70. The SMILES string of the molecule is c1ccc2oc(-c3noc(CC4CCCN4)n3)cc2c1. The minimum atomic E-state index is 0.457. The van der Waals surface area contributed by atoms with Crippen molar-refractivity contribution in [2.24, 2.45) is 0 Å². The minimum Gasteiger partial charge on any atom is -0.453 e. The zero-order chi connectivity index (χ0) is 13.4. The number of aromatic nitrogens is 2. The topological polar surface area (TPSA) is 64.1 Å². The van der Waals surface area contributed by atoms with Gasteiger partial charge in [0.2, 0.25) is 11.7 Å². The average Bonchev–Trinajstić information content (AvgIpc) is 3.18. The number of furan rings is 1. The van der Waals surface area contributed by atoms with Gasteiger partial charge in [0, 0.05) is 17.8 Å². The molecule has 0 amide bonds. The highest BCUT2D eigenvalue weighted by Crippen LogP contribution is 2.26. The van der Waals surface area contributed by atoms with Crippen molar-refractivity contribution < 1.29 is 8.94 Å². The summed E-state index contributed by atoms with van der Waals surface area (Å²) in [5.74, 6) is 1.84. The second-order valence-corrected chi connectivity index (χ2v) is 5.16. The lowest BCUT2D eigenvalue weighted by Gasteiger charge is -2.04. The second-order valence-electron chi connectivity index (χ2n) is 5.16. The minimum absolute atomic E-state index is 0.457. The van der Waals surface area contributed by atoms with Crippen LogP contribution in [0.25, 0.3) is 22.6 Å². The van der Waals surface area contributed by atoms with Crippen LogP contribution in [0.5, 0.6) is 0 Å². The van der Waals surface area contributed by atoms with E-state index in [2.05, 4.69) is 15.5 Å². The van der Waals surface area contributed by atoms with Crippen LogP contribution >= 0.6 is 0 Å². The molecule has 1 aliphatic rings. The number of fused-ring (bicyclic) bond motifs is 1. The highest BCUT2D eigenvalue weighted by atomic mass is 16.5. The van der Waals surface area contributed by atoms with E-state index < -0.39 is 0 Å². The van der Waals surface area contributed by atoms with Crippen LogP contribution in [-0.4, -0.2) is 22.7 Å². The van der Waals surface area contributed by atoms with Crippen molar-refractivity contribution in [3.8, 4) is 11.6 Å². The number of rotatable bonds is 3. The summed E-state index contributed by atoms with van der Waals surface area (Å²) in [5.41, 5.74) is 0.839. The first kappa shape index (κ1) is 11.7. The van der Waals surface area contributed by atoms with Crippen molar-refractivity contribution in [1.29, 1.82) is 0 Å². The van der Waals surface area contributed by atoms with Crippen molar-refractivity contribution in [2.75, 3.05) is 6.54 Å². The molecule has 0 spiro atoms. The van der Waals surface area contributed by atoms with Crippen molar-refractivity contribution in [1.82, 2.24) is 15.5 Å². The molecule has 1 unspecified atom stereocenters. The number of para-hydroxylation sites is 1. The van der Waals surface area contributed by atoms with E-state index in [1.54, 1.807) is 0 Å². The Morgan fingerprint density at radius 2 is 2.25 bits per heavy atom. The summed E-state index contributed by atoms with van der Waals surface area (Å²) in [6.45, 7) is 1.08. The summed E-state index contributed by atoms with van der Waals surface area (Å²) in [6.07, 6.45) is 3.17. The third-order valence-electron chi connectivity index (χ3n) is 3.70. The molecule has 5 heteroatoms. The van der Waals surface area contributed by atoms with Gasteiger partial charge in [-0.25, -0.2) is 0 Å². The van der Waals surface area contributed by atoms with Crippen LogP contribution in [0.3, 0.4) is 0 Å². The number of nitrogens with one attached hydrogen (secondary N) is 1. The Morgan fingerprint density at radius 1 is 1.30 bits per heavy atom. The summed E-state index contributed by atoms with van der Waals surface area (Å²) in [4.78, 5) is 4.43. The summed E-state index contributed by atoms with van der Waals surface area (Å²) in [6, 6.07) is 10.3. The summed E-state index contributed by atoms with van der Waals surface area (Å²) in [5, 5.41) is 8.49. The molecular formula is C15H15N3O2. The van der Waals surface area contributed by atoms with Gasteiger partial charge < -0.3 is 14.3 Å². The fourth-order valence-electron chi connectivity index (χ4n) is 2.67. The van der Waals surface area contributed by atoms with E-state index >= 15 is 0 Å². The van der Waals surface area contributed by atoms with E-state index in [0.29, 0.717) is 23.5 Å². The lowest BCUT2D eigenvalue weighted by atomic mass is 10.1. The van der Waals surface area contributed by atoms with E-state index in [0.717, 1.165) is 23.9 Å². The quantitative estimate of drug-likeness (QED) is 0.792. The van der Waals surface area contributed by atoms with Crippen LogP contribution in [0.2, 0.25) is 0 Å². The maximum absolute atomic E-state index is 5.74. The third kappa shape index (κ3) is 2.10. The first-order valence-electron chi connectivity index (χ1n) is 6.93. The van der Waals surface area contributed by atoms with Gasteiger partial charge in [-0.2, -0.15) is 4.98 Å². The molecule has 5 nitrogen and oxygen atoms in total. The van der Waals surface area contributed by atoms with Crippen LogP contribution < -0.4 is 5.32 Å². The number of hydrogen-bond donors (Lipinski definition) is 1. The molecule has 1 saturated heterocycles. The molecule has 1 N–H and O–H groups in total. The zero-order valence-corrected chi connectivity index (χ0v) is 11.0. The number of nitrogens with zero attached hydrogens (tertiary/aromatic N) is 2. The number of benzene rings is 1. The normalized spacial score (nSPS) is 18.9. The fraction of sp³-hybridized carbons (Fsp3) is 0.333.